The number of hydrogen-bond acceptors (Lipinski definition) is 3. The van der Waals surface area contributed by atoms with Crippen LogP contribution in [0, 0.1) is 11.3 Å². The smallest absolute Gasteiger partial charge is 0.373 e. The first-order valence-electron chi connectivity index (χ1n) is 5.73. The zero-order chi connectivity index (χ0) is 14.6. The summed E-state index contributed by atoms with van der Waals surface area (Å²) in [5.41, 5.74) is -0.458. The molecule has 0 aliphatic carbocycles. The highest BCUT2D eigenvalue weighted by atomic mass is 19.4. The Morgan fingerprint density at radius 3 is 2.26 bits per heavy atom. The molecule has 0 spiro atoms. The number of alkyl halides is 3. The van der Waals surface area contributed by atoms with E-state index in [1.54, 1.807) is 7.05 Å². The zero-order valence-corrected chi connectivity index (χ0v) is 11.1. The van der Waals surface area contributed by atoms with E-state index < -0.39 is 11.7 Å². The normalized spacial score (nSPS) is 11.5. The molecule has 104 valence electrons. The van der Waals surface area contributed by atoms with E-state index in [0.29, 0.717) is 13.1 Å². The summed E-state index contributed by atoms with van der Waals surface area (Å²) >= 11 is 0. The van der Waals surface area contributed by atoms with Crippen LogP contribution in [0.3, 0.4) is 0 Å². The number of hydrogen-bond donors (Lipinski definition) is 0. The highest BCUT2D eigenvalue weighted by molar-refractivity contribution is 5.58. The first kappa shape index (κ1) is 15.3. The van der Waals surface area contributed by atoms with Crippen molar-refractivity contribution in [1.82, 2.24) is 4.90 Å². The Kier molecular flexibility index (Phi) is 4.78. The molecule has 0 N–H and O–H groups in total. The van der Waals surface area contributed by atoms with Crippen LogP contribution in [-0.2, 0) is 6.18 Å². The van der Waals surface area contributed by atoms with E-state index in [1.165, 1.54) is 17.0 Å². The van der Waals surface area contributed by atoms with Crippen molar-refractivity contribution in [2.75, 3.05) is 39.1 Å². The highest BCUT2D eigenvalue weighted by Gasteiger charge is 2.34. The fourth-order valence-corrected chi connectivity index (χ4v) is 1.63. The van der Waals surface area contributed by atoms with Gasteiger partial charge in [0.05, 0.1) is 22.9 Å². The van der Waals surface area contributed by atoms with E-state index in [2.05, 4.69) is 0 Å². The van der Waals surface area contributed by atoms with Crippen molar-refractivity contribution in [2.45, 2.75) is 6.18 Å². The van der Waals surface area contributed by atoms with Gasteiger partial charge in [-0.15, -0.1) is 0 Å². The van der Waals surface area contributed by atoms with Crippen molar-refractivity contribution in [3.8, 4) is 6.07 Å². The van der Waals surface area contributed by atoms with E-state index in [-0.39, 0.29) is 11.3 Å². The number of benzene rings is 1. The van der Waals surface area contributed by atoms with Crippen molar-refractivity contribution in [3.63, 3.8) is 0 Å². The number of anilines is 1. The maximum Gasteiger partial charge on any atom is 0.418 e. The van der Waals surface area contributed by atoms with Gasteiger partial charge < -0.3 is 9.80 Å². The molecule has 0 unspecified atom stereocenters. The Balaban J connectivity index is 3.11. The maximum absolute atomic E-state index is 12.9. The lowest BCUT2D eigenvalue weighted by Gasteiger charge is -2.25. The molecule has 6 heteroatoms. The molecule has 0 heterocycles. The Morgan fingerprint density at radius 2 is 1.79 bits per heavy atom. The van der Waals surface area contributed by atoms with E-state index in [0.717, 1.165) is 6.07 Å². The summed E-state index contributed by atoms with van der Waals surface area (Å²) in [5, 5.41) is 8.80. The second kappa shape index (κ2) is 5.93. The number of nitriles is 1. The first-order chi connectivity index (χ1) is 8.75. The minimum Gasteiger partial charge on any atom is -0.373 e. The highest BCUT2D eigenvalue weighted by Crippen LogP contribution is 2.36. The van der Waals surface area contributed by atoms with Gasteiger partial charge in [0.2, 0.25) is 0 Å². The molecule has 0 atom stereocenters. The van der Waals surface area contributed by atoms with Crippen molar-refractivity contribution in [2.24, 2.45) is 0 Å². The van der Waals surface area contributed by atoms with Crippen LogP contribution in [-0.4, -0.2) is 39.1 Å². The van der Waals surface area contributed by atoms with Crippen LogP contribution in [0.2, 0.25) is 0 Å². The lowest BCUT2D eigenvalue weighted by Crippen LogP contribution is -2.30. The molecule has 1 aromatic carbocycles. The van der Waals surface area contributed by atoms with Crippen molar-refractivity contribution >= 4 is 5.69 Å². The number of halogens is 3. The molecule has 0 amide bonds. The predicted molar refractivity (Wildman–Crippen MR) is 68.0 cm³/mol. The minimum atomic E-state index is -4.42. The Morgan fingerprint density at radius 1 is 1.16 bits per heavy atom. The molecule has 0 saturated carbocycles. The van der Waals surface area contributed by atoms with Gasteiger partial charge in [0.1, 0.15) is 0 Å². The molecule has 0 saturated heterocycles. The van der Waals surface area contributed by atoms with Gasteiger partial charge in [-0.3, -0.25) is 0 Å². The number of likely N-dealkylation sites (N-methyl/N-ethyl adjacent to an activating group) is 2. The van der Waals surface area contributed by atoms with Gasteiger partial charge in [0.25, 0.3) is 0 Å². The number of rotatable bonds is 4. The fraction of sp³-hybridized carbons (Fsp3) is 0.462. The molecule has 0 bridgehead atoms. The van der Waals surface area contributed by atoms with Gasteiger partial charge in [-0.2, -0.15) is 18.4 Å². The fourth-order valence-electron chi connectivity index (χ4n) is 1.63. The van der Waals surface area contributed by atoms with Gasteiger partial charge in [-0.1, -0.05) is 0 Å². The average molecular weight is 271 g/mol. The second-order valence-corrected chi connectivity index (χ2v) is 4.57. The molecule has 1 aromatic rings. The molecule has 0 aromatic heterocycles. The molecular weight excluding hydrogens is 255 g/mol. The third kappa shape index (κ3) is 4.14. The average Bonchev–Trinajstić information content (AvgIpc) is 2.33. The molecule has 1 rings (SSSR count). The summed E-state index contributed by atoms with van der Waals surface area (Å²) in [6.07, 6.45) is -4.42. The summed E-state index contributed by atoms with van der Waals surface area (Å²) in [5.74, 6) is 0. The number of nitrogens with zero attached hydrogens (tertiary/aromatic N) is 3. The summed E-state index contributed by atoms with van der Waals surface area (Å²) < 4.78 is 38.8. The van der Waals surface area contributed by atoms with Gasteiger partial charge in [0.15, 0.2) is 0 Å². The van der Waals surface area contributed by atoms with E-state index in [4.69, 9.17) is 5.26 Å². The Bertz CT molecular complexity index is 475. The Labute approximate surface area is 110 Å². The van der Waals surface area contributed by atoms with E-state index >= 15 is 0 Å². The van der Waals surface area contributed by atoms with Gasteiger partial charge in [0, 0.05) is 20.1 Å². The molecule has 0 aliphatic rings. The molecule has 0 aliphatic heterocycles. The minimum absolute atomic E-state index is 0.0356. The van der Waals surface area contributed by atoms with Crippen LogP contribution < -0.4 is 4.90 Å². The van der Waals surface area contributed by atoms with Crippen LogP contribution in [0.4, 0.5) is 18.9 Å². The van der Waals surface area contributed by atoms with Crippen molar-refractivity contribution in [3.05, 3.63) is 29.3 Å². The molecule has 3 nitrogen and oxygen atoms in total. The van der Waals surface area contributed by atoms with Crippen LogP contribution in [0.1, 0.15) is 11.1 Å². The summed E-state index contributed by atoms with van der Waals surface area (Å²) in [7, 11) is 5.30. The van der Waals surface area contributed by atoms with Crippen LogP contribution in [0.25, 0.3) is 0 Å². The molecule has 0 radical (unpaired) electrons. The van der Waals surface area contributed by atoms with Crippen LogP contribution in [0.15, 0.2) is 18.2 Å². The SMILES string of the molecule is CN(C)CCN(C)c1cc(C#N)ccc1C(F)(F)F. The van der Waals surface area contributed by atoms with Crippen molar-refractivity contribution < 1.29 is 13.2 Å². The summed E-state index contributed by atoms with van der Waals surface area (Å²) in [4.78, 5) is 3.40. The second-order valence-electron chi connectivity index (χ2n) is 4.57. The summed E-state index contributed by atoms with van der Waals surface area (Å²) in [6.45, 7) is 1.08. The third-order valence-corrected chi connectivity index (χ3v) is 2.73. The third-order valence-electron chi connectivity index (χ3n) is 2.73. The van der Waals surface area contributed by atoms with Gasteiger partial charge in [-0.05, 0) is 32.3 Å². The quantitative estimate of drug-likeness (QED) is 0.843. The van der Waals surface area contributed by atoms with E-state index in [9.17, 15) is 13.2 Å². The maximum atomic E-state index is 12.9. The first-order valence-corrected chi connectivity index (χ1v) is 5.73. The predicted octanol–water partition coefficient (Wildman–Crippen LogP) is 2.57. The largest absolute Gasteiger partial charge is 0.418 e. The lowest BCUT2D eigenvalue weighted by atomic mass is 10.1. The Hall–Kier alpha value is -1.74. The standard InChI is InChI=1S/C13H16F3N3/c1-18(2)6-7-19(3)12-8-10(9-17)4-5-11(12)13(14,15)16/h4-5,8H,6-7H2,1-3H3. The van der Waals surface area contributed by atoms with E-state index in [1.807, 2.05) is 25.1 Å². The van der Waals surface area contributed by atoms with Gasteiger partial charge >= 0.3 is 6.18 Å². The van der Waals surface area contributed by atoms with Gasteiger partial charge in [-0.25, -0.2) is 0 Å². The molecule has 19 heavy (non-hydrogen) atoms. The molecule has 0 fully saturated rings. The molecular formula is C13H16F3N3. The topological polar surface area (TPSA) is 30.3 Å². The van der Waals surface area contributed by atoms with Crippen LogP contribution in [0.5, 0.6) is 0 Å². The monoisotopic (exact) mass is 271 g/mol. The summed E-state index contributed by atoms with van der Waals surface area (Å²) in [6, 6.07) is 5.28. The van der Waals surface area contributed by atoms with Crippen molar-refractivity contribution in [1.29, 1.82) is 5.26 Å². The van der Waals surface area contributed by atoms with Crippen LogP contribution >= 0.6 is 0 Å². The lowest BCUT2D eigenvalue weighted by molar-refractivity contribution is -0.137. The zero-order valence-electron chi connectivity index (χ0n) is 11.1.